The van der Waals surface area contributed by atoms with Crippen molar-refractivity contribution in [3.05, 3.63) is 268 Å². The number of aromatic amines is 2. The number of hydrogen-bond acceptors (Lipinski definition) is 15. The number of halogens is 10. The SMILES string of the molecule is Brc1ccc2[nH]ncc2c1.CCOCC.Cn1cc(C(=O)C(F)(F)F)c2ccccc21.Cn1cc(C(O)(c2ccc3[nH]ncc3c2)C(F)(F)F)c2ccccc21.Cn1cc(C(O)(c2ccc3c(cnn3-c3cccnc3)c2)C(F)(F)F)c2ccccc21.O=C=O.O=C=O.[CH2-]CCC.[CH3-].[CH3-].[Cu+2].[Li+].c1cncc(B2OCCCO2)c1. The number of aromatic nitrogens is 11. The van der Waals surface area contributed by atoms with Gasteiger partial charge >= 0.3 is 73.9 Å². The molecule has 0 spiro atoms. The summed E-state index contributed by atoms with van der Waals surface area (Å²) in [4.78, 5) is 51.7. The number of fused-ring (bicyclic) bond motifs is 6. The number of ketones is 1. The van der Waals surface area contributed by atoms with Gasteiger partial charge in [-0.05, 0) is 110 Å². The van der Waals surface area contributed by atoms with Gasteiger partial charge in [-0.25, -0.2) is 4.68 Å². The molecule has 21 nitrogen and oxygen atoms in total. The van der Waals surface area contributed by atoms with Crippen molar-refractivity contribution < 1.29 is 124 Å². The van der Waals surface area contributed by atoms with Crippen LogP contribution in [-0.2, 0) is 82.6 Å². The van der Waals surface area contributed by atoms with Crippen molar-refractivity contribution in [3.63, 3.8) is 0 Å². The Morgan fingerprint density at radius 1 is 0.575 bits per heavy atom. The van der Waals surface area contributed by atoms with Crippen molar-refractivity contribution in [1.29, 1.82) is 0 Å². The summed E-state index contributed by atoms with van der Waals surface area (Å²) in [6.45, 7) is 12.9. The minimum Gasteiger partial charge on any atom is -0.407 e. The molecule has 1 aliphatic rings. The van der Waals surface area contributed by atoms with Gasteiger partial charge in [-0.1, -0.05) is 102 Å². The molecule has 8 aromatic heterocycles. The Balaban J connectivity index is 0.000000361. The van der Waals surface area contributed by atoms with Crippen LogP contribution in [0.15, 0.2) is 218 Å². The maximum Gasteiger partial charge on any atom is 2.00 e. The Labute approximate surface area is 676 Å². The van der Waals surface area contributed by atoms with Crippen molar-refractivity contribution in [3.8, 4) is 5.69 Å². The van der Waals surface area contributed by atoms with Crippen molar-refractivity contribution >= 4 is 112 Å². The summed E-state index contributed by atoms with van der Waals surface area (Å²) in [7, 11) is 4.72. The van der Waals surface area contributed by atoms with Gasteiger partial charge in [0.2, 0.25) is 11.2 Å². The number of carbonyl (C=O) groups is 1. The molecule has 0 bridgehead atoms. The average molecular weight is 1670 g/mol. The third kappa shape index (κ3) is 24.0. The van der Waals surface area contributed by atoms with Gasteiger partial charge in [0.05, 0.1) is 52.6 Å². The van der Waals surface area contributed by atoms with Gasteiger partial charge in [0.1, 0.15) is 0 Å². The van der Waals surface area contributed by atoms with Crippen molar-refractivity contribution in [2.45, 2.75) is 69.8 Å². The summed E-state index contributed by atoms with van der Waals surface area (Å²) >= 11 is 3.38. The number of carbonyl (C=O) groups excluding carboxylic acids is 5. The first kappa shape index (κ1) is 97.1. The predicted molar refractivity (Wildman–Crippen MR) is 407 cm³/mol. The molecule has 1 saturated heterocycles. The molecule has 2 unspecified atom stereocenters. The van der Waals surface area contributed by atoms with E-state index in [1.54, 1.807) is 145 Å². The van der Waals surface area contributed by atoms with E-state index in [-0.39, 0.29) is 98.0 Å². The second-order valence-corrected chi connectivity index (χ2v) is 24.5. The standard InChI is InChI=1S/C23H17F3N4O.C18H14F3N3O.C11H8F3NO.C8H10BNO2.C7H5BrN2.C4H10O.C4H9.2CO2.2CH3.Cu.Li/c1-29-14-19(18-6-2-3-7-21(18)29)22(31,23(24,25)26)16-8-9-20-15(11-16)12-28-30(20)17-5-4-10-27-13-17;1-24-10-14(13-4-2-3-5-16(13)24)17(25,18(19,20)21)12-6-7-15-11(8-12)9-22-23-15;1-15-6-8(10(16)11(12,13)14)7-4-2-3-5-9(7)15;1-3-8(7-10-4-1)9-11-5-2-6-12-9;8-6-1-2-7-5(3-6)4-9-10-7;1-3-5-4-2;1-3-4-2;2*2-1-3;;;;/h2-14,31H,1H3;2-10,25H,1H3,(H,22,23);2-6H,1H3;1,3-4,7H,2,5-6H2;1-4H,(H,9,10);3-4H2,1-2H3;1,3-4H2,2H3;;;2*1H3;;/q;;;;;;-1;;;2*-1;+2;+1. The molecule has 34 heteroatoms. The zero-order valence-electron chi connectivity index (χ0n) is 62.7. The van der Waals surface area contributed by atoms with Gasteiger partial charge in [0.25, 0.3) is 5.78 Å². The fraction of sp³-hybridized carbons (Fsp3) is 0.228. The van der Waals surface area contributed by atoms with Crippen molar-refractivity contribution in [1.82, 2.24) is 53.8 Å². The summed E-state index contributed by atoms with van der Waals surface area (Å²) in [5.74, 6) is -1.80. The molecule has 1 aliphatic heterocycles. The van der Waals surface area contributed by atoms with Crippen LogP contribution in [0, 0.1) is 21.8 Å². The largest absolute Gasteiger partial charge is 2.00 e. The number of nitrogens with one attached hydrogen (secondary N) is 2. The third-order valence-electron chi connectivity index (χ3n) is 16.5. The topological polar surface area (TPSA) is 269 Å². The van der Waals surface area contributed by atoms with Crippen LogP contribution in [0.3, 0.4) is 0 Å². The number of ether oxygens (including phenoxy) is 1. The Kier molecular flexibility index (Phi) is 38.6. The normalized spacial score (nSPS) is 12.5. The number of pyridine rings is 2. The summed E-state index contributed by atoms with van der Waals surface area (Å²) < 4.78 is 145. The Morgan fingerprint density at radius 3 is 1.45 bits per heavy atom. The van der Waals surface area contributed by atoms with Crippen molar-refractivity contribution in [2.75, 3.05) is 26.4 Å². The van der Waals surface area contributed by atoms with Gasteiger partial charge in [-0.2, -0.15) is 80.4 Å². The van der Waals surface area contributed by atoms with Crippen LogP contribution in [-0.4, -0.2) is 134 Å². The molecule has 6 aromatic carbocycles. The fourth-order valence-electron chi connectivity index (χ4n) is 11.3. The first-order chi connectivity index (χ1) is 52.0. The smallest absolute Gasteiger partial charge is 0.407 e. The fourth-order valence-corrected chi connectivity index (χ4v) is 11.7. The number of nitrogens with zero attached hydrogens (tertiary/aromatic N) is 9. The monoisotopic (exact) mass is 1670 g/mol. The molecule has 2 atom stereocenters. The molecule has 4 N–H and O–H groups in total. The van der Waals surface area contributed by atoms with Crippen LogP contribution in [0.25, 0.3) is 71.1 Å². The minimum absolute atomic E-state index is 0. The molecule has 0 aliphatic carbocycles. The van der Waals surface area contributed by atoms with E-state index in [0.717, 1.165) is 60.1 Å². The molecule has 1 radical (unpaired) electrons. The number of Topliss-reactive ketones (excluding diaryl/α,β-unsaturated/α-hetero) is 1. The molecular weight excluding hydrogens is 1600 g/mol. The molecular formula is C79H79BBrCuF9LiN11O10. The molecule has 14 aromatic rings. The third-order valence-corrected chi connectivity index (χ3v) is 17.0. The Hall–Kier alpha value is -10.1. The molecule has 595 valence electrons. The summed E-state index contributed by atoms with van der Waals surface area (Å²) in [5.41, 5.74) is -1.73. The van der Waals surface area contributed by atoms with Gasteiger partial charge in [0.15, 0.2) is 0 Å². The number of hydrogen-bond donors (Lipinski definition) is 4. The van der Waals surface area contributed by atoms with E-state index in [1.807, 2.05) is 44.2 Å². The predicted octanol–water partition coefficient (Wildman–Crippen LogP) is 13.4. The molecule has 15 rings (SSSR count). The van der Waals surface area contributed by atoms with Crippen LogP contribution in [0.1, 0.15) is 72.6 Å². The van der Waals surface area contributed by atoms with Crippen LogP contribution >= 0.6 is 15.9 Å². The first-order valence-corrected chi connectivity index (χ1v) is 34.0. The quantitative estimate of drug-likeness (QED) is 0.0429. The Bertz CT molecular complexity index is 5300. The van der Waals surface area contributed by atoms with Gasteiger partial charge in [0, 0.05) is 155 Å². The molecule has 1 fully saturated rings. The van der Waals surface area contributed by atoms with E-state index in [9.17, 15) is 54.5 Å². The van der Waals surface area contributed by atoms with E-state index in [0.29, 0.717) is 60.2 Å². The van der Waals surface area contributed by atoms with Crippen molar-refractivity contribution in [2.24, 2.45) is 21.1 Å². The Morgan fingerprint density at radius 2 is 1.01 bits per heavy atom. The average Bonchev–Trinajstić information content (AvgIpc) is 1.72. The second kappa shape index (κ2) is 45.0. The number of alkyl halides is 9. The summed E-state index contributed by atoms with van der Waals surface area (Å²) in [6, 6.07) is 41.5. The number of rotatable bonds is 10. The van der Waals surface area contributed by atoms with E-state index in [1.165, 1.54) is 84.4 Å². The number of benzene rings is 6. The first-order valence-electron chi connectivity index (χ1n) is 33.2. The number of H-pyrrole nitrogens is 2. The van der Waals surface area contributed by atoms with Crippen LogP contribution < -0.4 is 24.3 Å². The van der Waals surface area contributed by atoms with E-state index in [4.69, 9.17) is 33.2 Å². The molecule has 0 saturated carbocycles. The zero-order valence-corrected chi connectivity index (χ0v) is 65.2. The van der Waals surface area contributed by atoms with Crippen LogP contribution in [0.2, 0.25) is 0 Å². The van der Waals surface area contributed by atoms with Crippen LogP contribution in [0.4, 0.5) is 39.5 Å². The number of aliphatic hydroxyl groups is 2. The van der Waals surface area contributed by atoms with E-state index < -0.39 is 35.5 Å². The second-order valence-electron chi connectivity index (χ2n) is 23.6. The molecule has 0 amide bonds. The molecule has 113 heavy (non-hydrogen) atoms. The maximum atomic E-state index is 14.4. The van der Waals surface area contributed by atoms with E-state index >= 15 is 0 Å². The maximum absolute atomic E-state index is 14.4. The zero-order chi connectivity index (χ0) is 79.7. The van der Waals surface area contributed by atoms with Gasteiger partial charge in [-0.15, -0.1) is 0 Å². The van der Waals surface area contributed by atoms with Gasteiger partial charge < -0.3 is 59.7 Å². The molecule has 9 heterocycles. The summed E-state index contributed by atoms with van der Waals surface area (Å²) in [6.07, 6.45) is 4.44. The number of unbranched alkanes of at least 4 members (excludes halogenated alkanes) is 1. The van der Waals surface area contributed by atoms with Crippen LogP contribution in [0.5, 0.6) is 0 Å². The summed E-state index contributed by atoms with van der Waals surface area (Å²) in [5, 5.41) is 42.9. The number of para-hydroxylation sites is 3. The minimum atomic E-state index is -4.94. The van der Waals surface area contributed by atoms with E-state index in [2.05, 4.69) is 65.2 Å². The van der Waals surface area contributed by atoms with Gasteiger partial charge in [-0.3, -0.25) is 25.0 Å². The number of aryl methyl sites for hydroxylation is 3.